The van der Waals surface area contributed by atoms with Crippen LogP contribution >= 0.6 is 0 Å². The number of unbranched alkanes of at least 4 members (excludes halogenated alkanes) is 1. The van der Waals surface area contributed by atoms with E-state index in [4.69, 9.17) is 5.26 Å². The van der Waals surface area contributed by atoms with Crippen LogP contribution in [0.1, 0.15) is 38.7 Å². The average Bonchev–Trinajstić information content (AvgIpc) is 2.33. The maximum absolute atomic E-state index is 13.0. The van der Waals surface area contributed by atoms with Crippen LogP contribution in [0, 0.1) is 29.5 Å². The molecular formula is C15H21FN2. The van der Waals surface area contributed by atoms with Crippen molar-refractivity contribution in [2.75, 3.05) is 11.9 Å². The van der Waals surface area contributed by atoms with Crippen LogP contribution in [0.15, 0.2) is 18.2 Å². The number of rotatable bonds is 6. The summed E-state index contributed by atoms with van der Waals surface area (Å²) in [7, 11) is 0. The van der Waals surface area contributed by atoms with Gasteiger partial charge in [0.1, 0.15) is 5.82 Å². The molecule has 3 heteroatoms. The zero-order valence-electron chi connectivity index (χ0n) is 11.4. The Balaban J connectivity index is 2.30. The predicted octanol–water partition coefficient (Wildman–Crippen LogP) is 4.27. The van der Waals surface area contributed by atoms with Crippen molar-refractivity contribution in [3.8, 4) is 6.07 Å². The fourth-order valence-corrected chi connectivity index (χ4v) is 1.76. The predicted molar refractivity (Wildman–Crippen MR) is 72.9 cm³/mol. The first-order valence-corrected chi connectivity index (χ1v) is 6.36. The van der Waals surface area contributed by atoms with Gasteiger partial charge in [-0.05, 0) is 51.3 Å². The Hall–Kier alpha value is -1.56. The lowest BCUT2D eigenvalue weighted by atomic mass is 9.89. The molecule has 98 valence electrons. The largest absolute Gasteiger partial charge is 0.385 e. The first-order chi connectivity index (χ1) is 8.44. The van der Waals surface area contributed by atoms with Crippen LogP contribution in [-0.2, 0) is 0 Å². The van der Waals surface area contributed by atoms with Gasteiger partial charge in [0.05, 0.1) is 11.5 Å². The quantitative estimate of drug-likeness (QED) is 0.763. The second kappa shape index (κ2) is 6.39. The van der Waals surface area contributed by atoms with E-state index in [0.717, 1.165) is 37.1 Å². The fourth-order valence-electron chi connectivity index (χ4n) is 1.76. The van der Waals surface area contributed by atoms with Gasteiger partial charge in [0.2, 0.25) is 0 Å². The molecular weight excluding hydrogens is 227 g/mol. The van der Waals surface area contributed by atoms with Crippen molar-refractivity contribution in [2.24, 2.45) is 5.41 Å². The third-order valence-corrected chi connectivity index (χ3v) is 3.05. The van der Waals surface area contributed by atoms with E-state index in [-0.39, 0.29) is 11.2 Å². The summed E-state index contributed by atoms with van der Waals surface area (Å²) in [6, 6.07) is 7.06. The number of aryl methyl sites for hydroxylation is 1. The Kier molecular flexibility index (Phi) is 5.15. The van der Waals surface area contributed by atoms with Gasteiger partial charge in [0.25, 0.3) is 0 Å². The Labute approximate surface area is 109 Å². The Morgan fingerprint density at radius 2 is 2.06 bits per heavy atom. The lowest BCUT2D eigenvalue weighted by Crippen LogP contribution is -2.09. The summed E-state index contributed by atoms with van der Waals surface area (Å²) in [5.41, 5.74) is 1.66. The van der Waals surface area contributed by atoms with Crippen LogP contribution in [0.2, 0.25) is 0 Å². The summed E-state index contributed by atoms with van der Waals surface area (Å²) in [6.45, 7) is 6.68. The molecule has 0 fully saturated rings. The molecule has 1 N–H and O–H groups in total. The molecule has 0 amide bonds. The lowest BCUT2D eigenvalue weighted by molar-refractivity contribution is 0.430. The van der Waals surface area contributed by atoms with Crippen LogP contribution in [0.4, 0.5) is 10.1 Å². The second-order valence-electron chi connectivity index (χ2n) is 5.34. The third kappa shape index (κ3) is 4.75. The van der Waals surface area contributed by atoms with Gasteiger partial charge in [0, 0.05) is 12.2 Å². The summed E-state index contributed by atoms with van der Waals surface area (Å²) in [4.78, 5) is 0. The van der Waals surface area contributed by atoms with Gasteiger partial charge in [-0.1, -0.05) is 12.5 Å². The number of hydrogen-bond donors (Lipinski definition) is 1. The van der Waals surface area contributed by atoms with Crippen molar-refractivity contribution in [3.63, 3.8) is 0 Å². The maximum Gasteiger partial charge on any atom is 0.125 e. The number of anilines is 1. The SMILES string of the molecule is Cc1ccc(F)cc1NCCCCC(C)(C)C#N. The lowest BCUT2D eigenvalue weighted by Gasteiger charge is -2.15. The van der Waals surface area contributed by atoms with Crippen molar-refractivity contribution in [3.05, 3.63) is 29.6 Å². The zero-order chi connectivity index (χ0) is 13.6. The molecule has 1 aromatic rings. The summed E-state index contributed by atoms with van der Waals surface area (Å²) in [5, 5.41) is 12.1. The number of nitrogens with zero attached hydrogens (tertiary/aromatic N) is 1. The molecule has 0 saturated heterocycles. The zero-order valence-corrected chi connectivity index (χ0v) is 11.4. The molecule has 0 aliphatic carbocycles. The highest BCUT2D eigenvalue weighted by Crippen LogP contribution is 2.22. The highest BCUT2D eigenvalue weighted by Gasteiger charge is 2.15. The standard InChI is InChI=1S/C15H21FN2/c1-12-6-7-13(16)10-14(12)18-9-5-4-8-15(2,3)11-17/h6-7,10,18H,4-5,8-9H2,1-3H3. The van der Waals surface area contributed by atoms with Crippen LogP contribution in [0.3, 0.4) is 0 Å². The van der Waals surface area contributed by atoms with Gasteiger partial charge in [0.15, 0.2) is 0 Å². The molecule has 0 unspecified atom stereocenters. The van der Waals surface area contributed by atoms with E-state index in [2.05, 4.69) is 11.4 Å². The van der Waals surface area contributed by atoms with Crippen LogP contribution in [-0.4, -0.2) is 6.54 Å². The van der Waals surface area contributed by atoms with Gasteiger partial charge >= 0.3 is 0 Å². The molecule has 0 aliphatic heterocycles. The van der Waals surface area contributed by atoms with E-state index in [1.807, 2.05) is 20.8 Å². The van der Waals surface area contributed by atoms with Gasteiger partial charge in [-0.3, -0.25) is 0 Å². The minimum atomic E-state index is -0.241. The van der Waals surface area contributed by atoms with Crippen molar-refractivity contribution < 1.29 is 4.39 Å². The normalized spacial score (nSPS) is 11.1. The van der Waals surface area contributed by atoms with Gasteiger partial charge in [-0.15, -0.1) is 0 Å². The van der Waals surface area contributed by atoms with Gasteiger partial charge in [-0.2, -0.15) is 5.26 Å². The topological polar surface area (TPSA) is 35.8 Å². The first-order valence-electron chi connectivity index (χ1n) is 6.36. The Bertz CT molecular complexity index is 433. The summed E-state index contributed by atoms with van der Waals surface area (Å²) >= 11 is 0. The minimum Gasteiger partial charge on any atom is -0.385 e. The molecule has 0 atom stereocenters. The summed E-state index contributed by atoms with van der Waals surface area (Å²) < 4.78 is 13.0. The van der Waals surface area contributed by atoms with E-state index in [1.54, 1.807) is 6.07 Å². The van der Waals surface area contributed by atoms with E-state index < -0.39 is 0 Å². The molecule has 2 nitrogen and oxygen atoms in total. The fraction of sp³-hybridized carbons (Fsp3) is 0.533. The van der Waals surface area contributed by atoms with E-state index >= 15 is 0 Å². The molecule has 0 bridgehead atoms. The molecule has 0 aromatic heterocycles. The van der Waals surface area contributed by atoms with Crippen LogP contribution in [0.25, 0.3) is 0 Å². The van der Waals surface area contributed by atoms with Crippen molar-refractivity contribution in [2.45, 2.75) is 40.0 Å². The van der Waals surface area contributed by atoms with E-state index in [1.165, 1.54) is 12.1 Å². The van der Waals surface area contributed by atoms with E-state index in [9.17, 15) is 4.39 Å². The van der Waals surface area contributed by atoms with Crippen LogP contribution in [0.5, 0.6) is 0 Å². The molecule has 0 spiro atoms. The molecule has 1 rings (SSSR count). The highest BCUT2D eigenvalue weighted by atomic mass is 19.1. The number of nitriles is 1. The van der Waals surface area contributed by atoms with E-state index in [0.29, 0.717) is 0 Å². The molecule has 1 aromatic carbocycles. The monoisotopic (exact) mass is 248 g/mol. The highest BCUT2D eigenvalue weighted by molar-refractivity contribution is 5.50. The van der Waals surface area contributed by atoms with Crippen molar-refractivity contribution in [1.82, 2.24) is 0 Å². The second-order valence-corrected chi connectivity index (χ2v) is 5.34. The Morgan fingerprint density at radius 1 is 1.33 bits per heavy atom. The Morgan fingerprint density at radius 3 is 2.72 bits per heavy atom. The summed E-state index contributed by atoms with van der Waals surface area (Å²) in [5.74, 6) is -0.214. The molecule has 0 aliphatic rings. The van der Waals surface area contributed by atoms with Gasteiger partial charge < -0.3 is 5.32 Å². The average molecular weight is 248 g/mol. The maximum atomic E-state index is 13.0. The smallest absolute Gasteiger partial charge is 0.125 e. The molecule has 0 saturated carbocycles. The number of benzene rings is 1. The molecule has 0 heterocycles. The molecule has 18 heavy (non-hydrogen) atoms. The first kappa shape index (κ1) is 14.5. The third-order valence-electron chi connectivity index (χ3n) is 3.05. The van der Waals surface area contributed by atoms with Gasteiger partial charge in [-0.25, -0.2) is 4.39 Å². The minimum absolute atomic E-state index is 0.214. The van der Waals surface area contributed by atoms with Crippen molar-refractivity contribution in [1.29, 1.82) is 5.26 Å². The number of nitrogens with one attached hydrogen (secondary N) is 1. The van der Waals surface area contributed by atoms with Crippen molar-refractivity contribution >= 4 is 5.69 Å². The molecule has 0 radical (unpaired) electrons. The summed E-state index contributed by atoms with van der Waals surface area (Å²) in [6.07, 6.45) is 2.89. The van der Waals surface area contributed by atoms with Crippen LogP contribution < -0.4 is 5.32 Å². The number of halogens is 1. The number of hydrogen-bond acceptors (Lipinski definition) is 2.